The topological polar surface area (TPSA) is 50.9 Å². The van der Waals surface area contributed by atoms with E-state index in [1.54, 1.807) is 0 Å². The number of aliphatic hydroxyl groups excluding tert-OH is 1. The van der Waals surface area contributed by atoms with Gasteiger partial charge in [0.2, 0.25) is 0 Å². The molecule has 0 amide bonds. The van der Waals surface area contributed by atoms with E-state index in [2.05, 4.69) is 17.2 Å². The number of aliphatic hydroxyl groups is 1. The third-order valence-corrected chi connectivity index (χ3v) is 2.28. The lowest BCUT2D eigenvalue weighted by molar-refractivity contribution is 0.168. The minimum absolute atomic E-state index is 0.463. The summed E-state index contributed by atoms with van der Waals surface area (Å²) in [5.41, 5.74) is 0.684. The van der Waals surface area contributed by atoms with E-state index in [1.807, 2.05) is 17.8 Å². The van der Waals surface area contributed by atoms with Gasteiger partial charge in [0.15, 0.2) is 0 Å². The van der Waals surface area contributed by atoms with Crippen molar-refractivity contribution in [2.45, 2.75) is 52.2 Å². The molecule has 0 fully saturated rings. The van der Waals surface area contributed by atoms with E-state index in [0.717, 1.165) is 13.0 Å². The number of rotatable bonds is 6. The Morgan fingerprint density at radius 2 is 2.21 bits per heavy atom. The summed E-state index contributed by atoms with van der Waals surface area (Å²) in [6, 6.07) is 0. The quantitative estimate of drug-likeness (QED) is 0.709. The number of nitrogens with zero attached hydrogens (tertiary/aromatic N) is 3. The molecule has 80 valence electrons. The van der Waals surface area contributed by atoms with Gasteiger partial charge in [0, 0.05) is 6.54 Å². The first-order valence-corrected chi connectivity index (χ1v) is 5.36. The second-order valence-electron chi connectivity index (χ2n) is 3.54. The Bertz CT molecular complexity index is 260. The van der Waals surface area contributed by atoms with Gasteiger partial charge in [-0.1, -0.05) is 31.9 Å². The molecule has 4 heteroatoms. The Kier molecular flexibility index (Phi) is 4.59. The van der Waals surface area contributed by atoms with E-state index in [9.17, 15) is 5.11 Å². The number of aryl methyl sites for hydroxylation is 1. The molecular weight excluding hydrogens is 178 g/mol. The van der Waals surface area contributed by atoms with Crippen LogP contribution in [0.1, 0.15) is 51.3 Å². The van der Waals surface area contributed by atoms with E-state index in [0.29, 0.717) is 12.1 Å². The van der Waals surface area contributed by atoms with Gasteiger partial charge in [0.1, 0.15) is 5.69 Å². The van der Waals surface area contributed by atoms with Gasteiger partial charge in [-0.15, -0.1) is 5.10 Å². The summed E-state index contributed by atoms with van der Waals surface area (Å²) in [4.78, 5) is 0. The second kappa shape index (κ2) is 5.75. The fourth-order valence-corrected chi connectivity index (χ4v) is 1.31. The molecule has 1 unspecified atom stereocenters. The van der Waals surface area contributed by atoms with Gasteiger partial charge in [-0.05, 0) is 12.8 Å². The standard InChI is InChI=1S/C10H19N3O/c1-3-5-6-7-13-8-9(11-12-13)10(14)4-2/h8,10,14H,3-7H2,1-2H3. The molecule has 0 aliphatic rings. The Balaban J connectivity index is 2.42. The van der Waals surface area contributed by atoms with Crippen LogP contribution in [0.5, 0.6) is 0 Å². The first-order valence-electron chi connectivity index (χ1n) is 5.36. The highest BCUT2D eigenvalue weighted by molar-refractivity contribution is 4.96. The fraction of sp³-hybridized carbons (Fsp3) is 0.800. The average molecular weight is 197 g/mol. The molecule has 14 heavy (non-hydrogen) atoms. The molecule has 0 bridgehead atoms. The molecule has 0 saturated heterocycles. The zero-order valence-corrected chi connectivity index (χ0v) is 8.98. The largest absolute Gasteiger partial charge is 0.387 e. The molecule has 0 saturated carbocycles. The van der Waals surface area contributed by atoms with Crippen LogP contribution < -0.4 is 0 Å². The first-order chi connectivity index (χ1) is 6.77. The second-order valence-corrected chi connectivity index (χ2v) is 3.54. The Hall–Kier alpha value is -0.900. The smallest absolute Gasteiger partial charge is 0.111 e. The van der Waals surface area contributed by atoms with Crippen molar-refractivity contribution in [2.24, 2.45) is 0 Å². The van der Waals surface area contributed by atoms with Crippen molar-refractivity contribution in [3.8, 4) is 0 Å². The molecule has 1 aromatic rings. The van der Waals surface area contributed by atoms with Crippen molar-refractivity contribution in [1.29, 1.82) is 0 Å². The minimum Gasteiger partial charge on any atom is -0.387 e. The van der Waals surface area contributed by atoms with Crippen LogP contribution in [-0.4, -0.2) is 20.1 Å². The molecular formula is C10H19N3O. The van der Waals surface area contributed by atoms with E-state index in [4.69, 9.17) is 0 Å². The van der Waals surface area contributed by atoms with Crippen molar-refractivity contribution in [3.05, 3.63) is 11.9 Å². The molecule has 1 atom stereocenters. The summed E-state index contributed by atoms with van der Waals surface area (Å²) in [5, 5.41) is 17.4. The SMILES string of the molecule is CCCCCn1cc(C(O)CC)nn1. The van der Waals surface area contributed by atoms with Crippen molar-refractivity contribution in [3.63, 3.8) is 0 Å². The van der Waals surface area contributed by atoms with E-state index >= 15 is 0 Å². The first kappa shape index (κ1) is 11.2. The summed E-state index contributed by atoms with van der Waals surface area (Å²) >= 11 is 0. The monoisotopic (exact) mass is 197 g/mol. The maximum Gasteiger partial charge on any atom is 0.111 e. The van der Waals surface area contributed by atoms with Gasteiger partial charge >= 0.3 is 0 Å². The number of aromatic nitrogens is 3. The van der Waals surface area contributed by atoms with Crippen molar-refractivity contribution < 1.29 is 5.11 Å². The normalized spacial score (nSPS) is 13.1. The highest BCUT2D eigenvalue weighted by Crippen LogP contribution is 2.12. The summed E-state index contributed by atoms with van der Waals surface area (Å²) in [7, 11) is 0. The zero-order chi connectivity index (χ0) is 10.4. The van der Waals surface area contributed by atoms with E-state index in [-0.39, 0.29) is 0 Å². The number of unbranched alkanes of at least 4 members (excludes halogenated alkanes) is 2. The third kappa shape index (κ3) is 3.10. The molecule has 4 nitrogen and oxygen atoms in total. The lowest BCUT2D eigenvalue weighted by Crippen LogP contribution is -1.98. The predicted molar refractivity (Wildman–Crippen MR) is 54.8 cm³/mol. The summed E-state index contributed by atoms with van der Waals surface area (Å²) in [6.45, 7) is 5.01. The molecule has 0 radical (unpaired) electrons. The van der Waals surface area contributed by atoms with Crippen LogP contribution in [0, 0.1) is 0 Å². The van der Waals surface area contributed by atoms with Gasteiger partial charge in [0.05, 0.1) is 12.3 Å². The maximum atomic E-state index is 9.50. The van der Waals surface area contributed by atoms with Crippen molar-refractivity contribution in [2.75, 3.05) is 0 Å². The Morgan fingerprint density at radius 3 is 2.86 bits per heavy atom. The molecule has 0 aliphatic carbocycles. The van der Waals surface area contributed by atoms with Gasteiger partial charge in [-0.25, -0.2) is 0 Å². The molecule has 0 aliphatic heterocycles. The van der Waals surface area contributed by atoms with Crippen LogP contribution in [0.4, 0.5) is 0 Å². The van der Waals surface area contributed by atoms with Gasteiger partial charge < -0.3 is 5.11 Å². The fourth-order valence-electron chi connectivity index (χ4n) is 1.31. The maximum absolute atomic E-state index is 9.50. The number of hydrogen-bond acceptors (Lipinski definition) is 3. The van der Waals surface area contributed by atoms with Gasteiger partial charge in [-0.3, -0.25) is 4.68 Å². The summed E-state index contributed by atoms with van der Waals surface area (Å²) in [6.07, 6.45) is 5.61. The molecule has 1 rings (SSSR count). The molecule has 1 heterocycles. The van der Waals surface area contributed by atoms with E-state index < -0.39 is 6.10 Å². The van der Waals surface area contributed by atoms with Gasteiger partial charge in [0.25, 0.3) is 0 Å². The van der Waals surface area contributed by atoms with Crippen molar-refractivity contribution in [1.82, 2.24) is 15.0 Å². The Labute approximate surface area is 84.9 Å². The van der Waals surface area contributed by atoms with Crippen LogP contribution in [-0.2, 0) is 6.54 Å². The average Bonchev–Trinajstić information content (AvgIpc) is 2.66. The predicted octanol–water partition coefficient (Wildman–Crippen LogP) is 1.91. The molecule has 1 N–H and O–H groups in total. The molecule has 0 spiro atoms. The lowest BCUT2D eigenvalue weighted by atomic mass is 10.2. The van der Waals surface area contributed by atoms with Gasteiger partial charge in [-0.2, -0.15) is 0 Å². The molecule has 0 aromatic carbocycles. The van der Waals surface area contributed by atoms with E-state index in [1.165, 1.54) is 12.8 Å². The third-order valence-electron chi connectivity index (χ3n) is 2.28. The van der Waals surface area contributed by atoms with Crippen LogP contribution in [0.15, 0.2) is 6.20 Å². The van der Waals surface area contributed by atoms with Crippen LogP contribution >= 0.6 is 0 Å². The zero-order valence-electron chi connectivity index (χ0n) is 8.98. The Morgan fingerprint density at radius 1 is 1.43 bits per heavy atom. The number of hydrogen-bond donors (Lipinski definition) is 1. The molecule has 1 aromatic heterocycles. The van der Waals surface area contributed by atoms with Crippen LogP contribution in [0.2, 0.25) is 0 Å². The highest BCUT2D eigenvalue weighted by Gasteiger charge is 2.08. The summed E-state index contributed by atoms with van der Waals surface area (Å²) in [5.74, 6) is 0. The van der Waals surface area contributed by atoms with Crippen molar-refractivity contribution >= 4 is 0 Å². The van der Waals surface area contributed by atoms with Crippen LogP contribution in [0.3, 0.4) is 0 Å². The highest BCUT2D eigenvalue weighted by atomic mass is 16.3. The summed E-state index contributed by atoms with van der Waals surface area (Å²) < 4.78 is 1.81. The van der Waals surface area contributed by atoms with Crippen LogP contribution in [0.25, 0.3) is 0 Å². The lowest BCUT2D eigenvalue weighted by Gasteiger charge is -2.00. The minimum atomic E-state index is -0.463.